The van der Waals surface area contributed by atoms with E-state index < -0.39 is 0 Å². The molecule has 0 radical (unpaired) electrons. The third kappa shape index (κ3) is 3.63. The van der Waals surface area contributed by atoms with Crippen LogP contribution in [0.5, 0.6) is 0 Å². The van der Waals surface area contributed by atoms with Gasteiger partial charge in [-0.25, -0.2) is 4.98 Å². The van der Waals surface area contributed by atoms with E-state index in [2.05, 4.69) is 43.3 Å². The highest BCUT2D eigenvalue weighted by Crippen LogP contribution is 2.26. The second kappa shape index (κ2) is 7.17. The summed E-state index contributed by atoms with van der Waals surface area (Å²) in [4.78, 5) is 17.6. The predicted octanol–water partition coefficient (Wildman–Crippen LogP) is 5.21. The number of rotatable bonds is 3. The topological polar surface area (TPSA) is 59.8 Å². The first kappa shape index (κ1) is 18.9. The summed E-state index contributed by atoms with van der Waals surface area (Å²) >= 11 is 0. The van der Waals surface area contributed by atoms with Crippen molar-refractivity contribution in [3.05, 3.63) is 82.0 Å². The number of amides is 1. The minimum atomic E-state index is -0.171. The molecule has 1 amide bonds. The van der Waals surface area contributed by atoms with Gasteiger partial charge in [-0.2, -0.15) is 9.78 Å². The van der Waals surface area contributed by atoms with Gasteiger partial charge in [0, 0.05) is 17.0 Å². The number of carbonyl (C=O) groups excluding carboxylic acids is 1. The Morgan fingerprint density at radius 3 is 2.31 bits per heavy atom. The van der Waals surface area contributed by atoms with Gasteiger partial charge in [0.15, 0.2) is 5.82 Å². The Morgan fingerprint density at radius 1 is 0.862 bits per heavy atom. The number of benzene rings is 2. The molecule has 0 saturated heterocycles. The molecule has 29 heavy (non-hydrogen) atoms. The number of anilines is 1. The Labute approximate surface area is 170 Å². The summed E-state index contributed by atoms with van der Waals surface area (Å²) in [6.45, 7) is 10.1. The summed E-state index contributed by atoms with van der Waals surface area (Å²) in [5.41, 5.74) is 6.95. The van der Waals surface area contributed by atoms with Crippen molar-refractivity contribution in [3.8, 4) is 5.82 Å². The number of pyridine rings is 1. The van der Waals surface area contributed by atoms with E-state index in [1.807, 2.05) is 50.2 Å². The van der Waals surface area contributed by atoms with Gasteiger partial charge in [0.2, 0.25) is 0 Å². The van der Waals surface area contributed by atoms with Crippen molar-refractivity contribution in [2.45, 2.75) is 34.6 Å². The lowest BCUT2D eigenvalue weighted by Gasteiger charge is -2.12. The van der Waals surface area contributed by atoms with Crippen molar-refractivity contribution in [1.82, 2.24) is 14.8 Å². The normalized spacial score (nSPS) is 11.1. The zero-order chi connectivity index (χ0) is 20.7. The molecule has 5 heteroatoms. The van der Waals surface area contributed by atoms with E-state index in [9.17, 15) is 4.79 Å². The highest BCUT2D eigenvalue weighted by Gasteiger charge is 2.15. The fourth-order valence-corrected chi connectivity index (χ4v) is 3.59. The lowest BCUT2D eigenvalue weighted by Crippen LogP contribution is -2.15. The van der Waals surface area contributed by atoms with E-state index in [0.29, 0.717) is 17.2 Å². The van der Waals surface area contributed by atoms with Crippen LogP contribution in [-0.2, 0) is 0 Å². The van der Waals surface area contributed by atoms with Crippen LogP contribution < -0.4 is 5.32 Å². The average Bonchev–Trinajstić information content (AvgIpc) is 3.03. The minimum Gasteiger partial charge on any atom is -0.306 e. The van der Waals surface area contributed by atoms with Crippen molar-refractivity contribution in [2.24, 2.45) is 0 Å². The monoisotopic (exact) mass is 384 g/mol. The van der Waals surface area contributed by atoms with E-state index in [4.69, 9.17) is 4.98 Å². The van der Waals surface area contributed by atoms with E-state index >= 15 is 0 Å². The molecule has 0 fully saturated rings. The standard InChI is InChI=1S/C24H24N4O/c1-14-6-8-19(9-7-14)24(29)26-22-13-18(5)27-28(22)21-12-16(3)20-11-15(2)10-17(4)23(20)25-21/h6-13H,1-5H3,(H,26,29). The number of aromatic nitrogens is 3. The van der Waals surface area contributed by atoms with Crippen LogP contribution in [0.3, 0.4) is 0 Å². The van der Waals surface area contributed by atoms with Crippen molar-refractivity contribution in [1.29, 1.82) is 0 Å². The minimum absolute atomic E-state index is 0.171. The summed E-state index contributed by atoms with van der Waals surface area (Å²) < 4.78 is 1.70. The maximum atomic E-state index is 12.7. The van der Waals surface area contributed by atoms with E-state index in [0.717, 1.165) is 33.3 Å². The number of hydrogen-bond acceptors (Lipinski definition) is 3. The Morgan fingerprint density at radius 2 is 1.59 bits per heavy atom. The molecule has 2 aromatic carbocycles. The molecule has 0 bridgehead atoms. The van der Waals surface area contributed by atoms with Crippen molar-refractivity contribution < 1.29 is 4.79 Å². The molecule has 0 aliphatic rings. The van der Waals surface area contributed by atoms with Crippen LogP contribution in [0.1, 0.15) is 38.3 Å². The molecule has 2 heterocycles. The largest absolute Gasteiger partial charge is 0.306 e. The Bertz CT molecular complexity index is 1240. The van der Waals surface area contributed by atoms with Crippen molar-refractivity contribution >= 4 is 22.6 Å². The van der Waals surface area contributed by atoms with Gasteiger partial charge in [0.1, 0.15) is 5.82 Å². The lowest BCUT2D eigenvalue weighted by molar-refractivity contribution is 0.102. The fourth-order valence-electron chi connectivity index (χ4n) is 3.59. The molecule has 2 aromatic heterocycles. The van der Waals surface area contributed by atoms with Crippen LogP contribution in [-0.4, -0.2) is 20.7 Å². The SMILES string of the molecule is Cc1ccc(C(=O)Nc2cc(C)nn2-c2cc(C)c3cc(C)cc(C)c3n2)cc1. The predicted molar refractivity (Wildman–Crippen MR) is 117 cm³/mol. The number of aryl methyl sites for hydroxylation is 5. The van der Waals surface area contributed by atoms with Crippen LogP contribution in [0.4, 0.5) is 5.82 Å². The fraction of sp³-hybridized carbons (Fsp3) is 0.208. The van der Waals surface area contributed by atoms with Crippen LogP contribution in [0.2, 0.25) is 0 Å². The molecule has 4 aromatic rings. The van der Waals surface area contributed by atoms with Gasteiger partial charge in [-0.05, 0) is 70.0 Å². The molecule has 0 aliphatic carbocycles. The first-order valence-electron chi connectivity index (χ1n) is 9.65. The smallest absolute Gasteiger partial charge is 0.256 e. The molecule has 5 nitrogen and oxygen atoms in total. The number of hydrogen-bond donors (Lipinski definition) is 1. The Balaban J connectivity index is 1.77. The highest BCUT2D eigenvalue weighted by molar-refractivity contribution is 6.04. The van der Waals surface area contributed by atoms with E-state index in [-0.39, 0.29) is 5.91 Å². The molecule has 0 spiro atoms. The average molecular weight is 384 g/mol. The van der Waals surface area contributed by atoms with Gasteiger partial charge in [-0.3, -0.25) is 4.79 Å². The zero-order valence-corrected chi connectivity index (χ0v) is 17.4. The number of nitrogens with zero attached hydrogens (tertiary/aromatic N) is 3. The molecule has 0 aliphatic heterocycles. The summed E-state index contributed by atoms with van der Waals surface area (Å²) in [7, 11) is 0. The molecular formula is C24H24N4O. The third-order valence-electron chi connectivity index (χ3n) is 5.05. The Hall–Kier alpha value is -3.47. The van der Waals surface area contributed by atoms with E-state index in [1.165, 1.54) is 5.56 Å². The second-order valence-corrected chi connectivity index (χ2v) is 7.68. The van der Waals surface area contributed by atoms with Crippen molar-refractivity contribution in [2.75, 3.05) is 5.32 Å². The molecule has 4 rings (SSSR count). The molecule has 0 unspecified atom stereocenters. The lowest BCUT2D eigenvalue weighted by atomic mass is 10.0. The first-order valence-corrected chi connectivity index (χ1v) is 9.65. The molecule has 0 saturated carbocycles. The van der Waals surface area contributed by atoms with Gasteiger partial charge in [-0.15, -0.1) is 0 Å². The summed E-state index contributed by atoms with van der Waals surface area (Å²) in [6.07, 6.45) is 0. The van der Waals surface area contributed by atoms with Crippen molar-refractivity contribution in [3.63, 3.8) is 0 Å². The van der Waals surface area contributed by atoms with Gasteiger partial charge < -0.3 is 5.32 Å². The molecule has 1 N–H and O–H groups in total. The molecule has 0 atom stereocenters. The zero-order valence-electron chi connectivity index (χ0n) is 17.4. The second-order valence-electron chi connectivity index (χ2n) is 7.68. The third-order valence-corrected chi connectivity index (χ3v) is 5.05. The number of fused-ring (bicyclic) bond motifs is 1. The number of carbonyl (C=O) groups is 1. The molecule has 146 valence electrons. The van der Waals surface area contributed by atoms with Crippen LogP contribution in [0.15, 0.2) is 48.5 Å². The first-order chi connectivity index (χ1) is 13.8. The maximum Gasteiger partial charge on any atom is 0.256 e. The van der Waals surface area contributed by atoms with Crippen LogP contribution in [0.25, 0.3) is 16.7 Å². The van der Waals surface area contributed by atoms with Gasteiger partial charge in [-0.1, -0.05) is 29.3 Å². The van der Waals surface area contributed by atoms with Gasteiger partial charge >= 0.3 is 0 Å². The quantitative estimate of drug-likeness (QED) is 0.527. The summed E-state index contributed by atoms with van der Waals surface area (Å²) in [5.74, 6) is 1.12. The molecular weight excluding hydrogens is 360 g/mol. The van der Waals surface area contributed by atoms with Crippen LogP contribution >= 0.6 is 0 Å². The number of nitrogens with one attached hydrogen (secondary N) is 1. The van der Waals surface area contributed by atoms with Gasteiger partial charge in [0.25, 0.3) is 5.91 Å². The van der Waals surface area contributed by atoms with Gasteiger partial charge in [0.05, 0.1) is 11.2 Å². The summed E-state index contributed by atoms with van der Waals surface area (Å²) in [6, 6.07) is 15.7. The highest BCUT2D eigenvalue weighted by atomic mass is 16.1. The Kier molecular flexibility index (Phi) is 4.66. The van der Waals surface area contributed by atoms with Crippen LogP contribution in [0, 0.1) is 34.6 Å². The maximum absolute atomic E-state index is 12.7. The van der Waals surface area contributed by atoms with E-state index in [1.54, 1.807) is 4.68 Å². The summed E-state index contributed by atoms with van der Waals surface area (Å²) in [5, 5.41) is 8.69.